The molecule has 0 saturated carbocycles. The van der Waals surface area contributed by atoms with E-state index in [0.717, 1.165) is 11.8 Å². The highest BCUT2D eigenvalue weighted by Gasteiger charge is 2.39. The van der Waals surface area contributed by atoms with Crippen LogP contribution in [-0.2, 0) is 6.18 Å². The molecule has 70 valence electrons. The van der Waals surface area contributed by atoms with E-state index >= 15 is 0 Å². The normalized spacial score (nSPS) is 16.4. The van der Waals surface area contributed by atoms with Gasteiger partial charge in [0.1, 0.15) is 0 Å². The highest BCUT2D eigenvalue weighted by Crippen LogP contribution is 2.30. The Morgan fingerprint density at radius 1 is 1.46 bits per heavy atom. The van der Waals surface area contributed by atoms with Crippen LogP contribution >= 0.6 is 11.8 Å². The fourth-order valence-electron chi connectivity index (χ4n) is 0.861. The molecular formula is C5H2F3N3OS. The Labute approximate surface area is 74.1 Å². The van der Waals surface area contributed by atoms with Gasteiger partial charge in [0.15, 0.2) is 5.16 Å². The van der Waals surface area contributed by atoms with Crippen molar-refractivity contribution in [3.8, 4) is 0 Å². The molecule has 0 amide bonds. The number of fused-ring (bicyclic) bond motifs is 1. The fraction of sp³-hybridized carbons (Fsp3) is 0.400. The molecule has 2 rings (SSSR count). The average molecular weight is 209 g/mol. The third kappa shape index (κ3) is 1.30. The predicted molar refractivity (Wildman–Crippen MR) is 36.4 cm³/mol. The largest absolute Gasteiger partial charge is 0.453 e. The molecule has 0 fully saturated rings. The zero-order valence-corrected chi connectivity index (χ0v) is 6.82. The van der Waals surface area contributed by atoms with E-state index in [0.29, 0.717) is 4.68 Å². The van der Waals surface area contributed by atoms with Gasteiger partial charge in [-0.2, -0.15) is 22.8 Å². The third-order valence-electron chi connectivity index (χ3n) is 1.39. The minimum absolute atomic E-state index is 0.0114. The van der Waals surface area contributed by atoms with Gasteiger partial charge in [-0.25, -0.2) is 0 Å². The number of aromatic nitrogens is 3. The Morgan fingerprint density at radius 2 is 2.15 bits per heavy atom. The zero-order valence-electron chi connectivity index (χ0n) is 6.00. The molecule has 0 N–H and O–H groups in total. The van der Waals surface area contributed by atoms with Gasteiger partial charge in [0.2, 0.25) is 0 Å². The summed E-state index contributed by atoms with van der Waals surface area (Å²) in [5, 5.41) is 3.06. The summed E-state index contributed by atoms with van der Waals surface area (Å²) in [6.07, 6.45) is -4.59. The van der Waals surface area contributed by atoms with Crippen LogP contribution in [0.2, 0.25) is 0 Å². The van der Waals surface area contributed by atoms with Gasteiger partial charge in [-0.1, -0.05) is 11.8 Å². The van der Waals surface area contributed by atoms with Crippen LogP contribution in [0.4, 0.5) is 13.2 Å². The molecule has 13 heavy (non-hydrogen) atoms. The number of hydrogen-bond acceptors (Lipinski definition) is 4. The molecule has 1 aromatic rings. The lowest BCUT2D eigenvalue weighted by Crippen LogP contribution is -2.13. The van der Waals surface area contributed by atoms with Crippen molar-refractivity contribution in [1.29, 1.82) is 0 Å². The second kappa shape index (κ2) is 2.47. The first-order chi connectivity index (χ1) is 5.98. The summed E-state index contributed by atoms with van der Waals surface area (Å²) >= 11 is 0.953. The van der Waals surface area contributed by atoms with Crippen molar-refractivity contribution in [3.63, 3.8) is 0 Å². The van der Waals surface area contributed by atoms with Crippen molar-refractivity contribution >= 4 is 17.7 Å². The van der Waals surface area contributed by atoms with E-state index in [1.54, 1.807) is 0 Å². The van der Waals surface area contributed by atoms with Gasteiger partial charge >= 0.3 is 6.18 Å². The summed E-state index contributed by atoms with van der Waals surface area (Å²) < 4.78 is 36.7. The van der Waals surface area contributed by atoms with Crippen LogP contribution in [0.3, 0.4) is 0 Å². The maximum absolute atomic E-state index is 12.0. The maximum Gasteiger partial charge on any atom is 0.453 e. The van der Waals surface area contributed by atoms with Gasteiger partial charge in [-0.15, -0.1) is 5.10 Å². The summed E-state index contributed by atoms with van der Waals surface area (Å²) in [5.74, 6) is -1.63. The molecule has 0 unspecified atom stereocenters. The number of nitrogens with zero attached hydrogens (tertiary/aromatic N) is 3. The lowest BCUT2D eigenvalue weighted by Gasteiger charge is -1.98. The first-order valence-electron chi connectivity index (χ1n) is 3.19. The van der Waals surface area contributed by atoms with E-state index in [1.165, 1.54) is 0 Å². The van der Waals surface area contributed by atoms with E-state index in [-0.39, 0.29) is 10.9 Å². The Kier molecular flexibility index (Phi) is 1.62. The second-order valence-corrected chi connectivity index (χ2v) is 3.25. The molecule has 1 aromatic heterocycles. The van der Waals surface area contributed by atoms with Crippen LogP contribution < -0.4 is 0 Å². The lowest BCUT2D eigenvalue weighted by molar-refractivity contribution is -0.145. The molecular weight excluding hydrogens is 207 g/mol. The summed E-state index contributed by atoms with van der Waals surface area (Å²) in [4.78, 5) is 14.1. The molecule has 0 saturated heterocycles. The number of thioether (sulfide) groups is 1. The zero-order chi connectivity index (χ0) is 9.64. The van der Waals surface area contributed by atoms with Gasteiger partial charge in [-0.3, -0.25) is 4.79 Å². The topological polar surface area (TPSA) is 47.8 Å². The molecule has 8 heteroatoms. The number of rotatable bonds is 0. The molecule has 4 nitrogen and oxygen atoms in total. The van der Waals surface area contributed by atoms with Crippen LogP contribution in [0.25, 0.3) is 0 Å². The van der Waals surface area contributed by atoms with E-state index in [2.05, 4.69) is 10.1 Å². The number of carbonyl (C=O) groups is 1. The van der Waals surface area contributed by atoms with Crippen LogP contribution in [0, 0.1) is 0 Å². The SMILES string of the molecule is O=C1CSc2nc(C(F)(F)F)nn21. The van der Waals surface area contributed by atoms with Crippen LogP contribution in [0.5, 0.6) is 0 Å². The van der Waals surface area contributed by atoms with Crippen molar-refractivity contribution in [2.75, 3.05) is 5.75 Å². The minimum Gasteiger partial charge on any atom is -0.271 e. The van der Waals surface area contributed by atoms with Crippen LogP contribution in [-0.4, -0.2) is 26.4 Å². The number of hydrogen-bond donors (Lipinski definition) is 0. The van der Waals surface area contributed by atoms with E-state index in [1.807, 2.05) is 0 Å². The number of halogens is 3. The molecule has 0 aliphatic carbocycles. The summed E-state index contributed by atoms with van der Waals surface area (Å²) in [6, 6.07) is 0. The molecule has 0 spiro atoms. The molecule has 1 aliphatic heterocycles. The first kappa shape index (κ1) is 8.54. The van der Waals surface area contributed by atoms with Gasteiger partial charge < -0.3 is 0 Å². The molecule has 0 aromatic carbocycles. The average Bonchev–Trinajstić information content (AvgIpc) is 2.51. The van der Waals surface area contributed by atoms with Crippen molar-refractivity contribution in [2.45, 2.75) is 11.3 Å². The first-order valence-corrected chi connectivity index (χ1v) is 4.17. The van der Waals surface area contributed by atoms with Crippen LogP contribution in [0.1, 0.15) is 10.6 Å². The smallest absolute Gasteiger partial charge is 0.271 e. The van der Waals surface area contributed by atoms with Crippen molar-refractivity contribution in [2.24, 2.45) is 0 Å². The number of alkyl halides is 3. The minimum atomic E-state index is -4.59. The quantitative estimate of drug-likeness (QED) is 0.640. The maximum atomic E-state index is 12.0. The standard InChI is InChI=1S/C5H2F3N3OS/c6-5(7,8)3-9-4-11(10-3)2(12)1-13-4/h1H2. The lowest BCUT2D eigenvalue weighted by atomic mass is 10.6. The van der Waals surface area contributed by atoms with Crippen molar-refractivity contribution < 1.29 is 18.0 Å². The summed E-state index contributed by atoms with van der Waals surface area (Å²) in [5.41, 5.74) is 0. The Bertz CT molecular complexity index is 372. The highest BCUT2D eigenvalue weighted by atomic mass is 32.2. The molecule has 0 bridgehead atoms. The van der Waals surface area contributed by atoms with Gasteiger partial charge in [0.05, 0.1) is 5.75 Å². The third-order valence-corrected chi connectivity index (χ3v) is 2.31. The number of carbonyl (C=O) groups excluding carboxylic acids is 1. The predicted octanol–water partition coefficient (Wildman–Crippen LogP) is 1.04. The molecule has 0 atom stereocenters. The van der Waals surface area contributed by atoms with Crippen LogP contribution in [0.15, 0.2) is 5.16 Å². The van der Waals surface area contributed by atoms with E-state index in [9.17, 15) is 18.0 Å². The van der Waals surface area contributed by atoms with Gasteiger partial charge in [-0.05, 0) is 0 Å². The summed E-state index contributed by atoms with van der Waals surface area (Å²) in [7, 11) is 0. The van der Waals surface area contributed by atoms with Crippen molar-refractivity contribution in [3.05, 3.63) is 5.82 Å². The Balaban J connectivity index is 2.45. The Hall–Kier alpha value is -1.05. The molecule has 2 heterocycles. The highest BCUT2D eigenvalue weighted by molar-refractivity contribution is 8.00. The van der Waals surface area contributed by atoms with Gasteiger partial charge in [0, 0.05) is 0 Å². The molecule has 0 radical (unpaired) electrons. The second-order valence-electron chi connectivity index (χ2n) is 2.31. The fourth-order valence-corrected chi connectivity index (χ4v) is 1.65. The van der Waals surface area contributed by atoms with Gasteiger partial charge in [0.25, 0.3) is 11.7 Å². The Morgan fingerprint density at radius 3 is 2.69 bits per heavy atom. The monoisotopic (exact) mass is 209 g/mol. The van der Waals surface area contributed by atoms with E-state index < -0.39 is 17.9 Å². The van der Waals surface area contributed by atoms with Crippen molar-refractivity contribution in [1.82, 2.24) is 14.8 Å². The molecule has 1 aliphatic rings. The van der Waals surface area contributed by atoms with E-state index in [4.69, 9.17) is 0 Å². The summed E-state index contributed by atoms with van der Waals surface area (Å²) in [6.45, 7) is 0.